The Balaban J connectivity index is 1.35. The normalized spacial score (nSPS) is 27.3. The third kappa shape index (κ3) is 4.52. The van der Waals surface area contributed by atoms with Crippen LogP contribution in [0, 0.1) is 11.8 Å². The van der Waals surface area contributed by atoms with Gasteiger partial charge in [-0.25, -0.2) is 8.42 Å². The summed E-state index contributed by atoms with van der Waals surface area (Å²) < 4.78 is 26.8. The number of hydrogen-bond donors (Lipinski definition) is 1. The van der Waals surface area contributed by atoms with Crippen molar-refractivity contribution >= 4 is 21.6 Å². The summed E-state index contributed by atoms with van der Waals surface area (Å²) in [5, 5.41) is 2.97. The van der Waals surface area contributed by atoms with E-state index in [1.165, 1.54) is 36.4 Å². The van der Waals surface area contributed by atoms with Crippen LogP contribution in [0.4, 0.5) is 5.69 Å². The van der Waals surface area contributed by atoms with Crippen LogP contribution in [0.25, 0.3) is 0 Å². The zero-order chi connectivity index (χ0) is 20.4. The molecule has 0 spiro atoms. The number of rotatable bonds is 5. The van der Waals surface area contributed by atoms with Crippen molar-refractivity contribution in [2.24, 2.45) is 11.8 Å². The fraction of sp³-hybridized carbons (Fsp3) is 0.682. The van der Waals surface area contributed by atoms with Crippen LogP contribution in [0.5, 0.6) is 0 Å². The molecule has 1 N–H and O–H groups in total. The molecule has 0 unspecified atom stereocenters. The Morgan fingerprint density at radius 1 is 0.966 bits per heavy atom. The summed E-state index contributed by atoms with van der Waals surface area (Å²) in [6, 6.07) is 6.41. The molecule has 29 heavy (non-hydrogen) atoms. The van der Waals surface area contributed by atoms with Crippen LogP contribution >= 0.6 is 0 Å². The van der Waals surface area contributed by atoms with Crippen molar-refractivity contribution in [1.82, 2.24) is 9.21 Å². The van der Waals surface area contributed by atoms with E-state index in [4.69, 9.17) is 0 Å². The predicted octanol–water partition coefficient (Wildman–Crippen LogP) is 3.31. The van der Waals surface area contributed by atoms with E-state index in [0.29, 0.717) is 23.7 Å². The zero-order valence-corrected chi connectivity index (χ0v) is 18.2. The third-order valence-electron chi connectivity index (χ3n) is 7.07. The molecule has 3 fully saturated rings. The minimum Gasteiger partial charge on any atom is -0.325 e. The summed E-state index contributed by atoms with van der Waals surface area (Å²) in [7, 11) is -3.42. The molecule has 3 atom stereocenters. The van der Waals surface area contributed by atoms with Crippen LogP contribution < -0.4 is 5.32 Å². The van der Waals surface area contributed by atoms with Crippen molar-refractivity contribution < 1.29 is 13.2 Å². The fourth-order valence-electron chi connectivity index (χ4n) is 5.18. The summed E-state index contributed by atoms with van der Waals surface area (Å²) in [5.41, 5.74) is 0.648. The number of fused-ring (bicyclic) bond motifs is 1. The van der Waals surface area contributed by atoms with E-state index in [1.807, 2.05) is 6.92 Å². The molecule has 0 aromatic heterocycles. The van der Waals surface area contributed by atoms with Gasteiger partial charge in [0.2, 0.25) is 15.9 Å². The second kappa shape index (κ2) is 8.74. The van der Waals surface area contributed by atoms with Gasteiger partial charge < -0.3 is 5.32 Å². The Morgan fingerprint density at radius 3 is 2.31 bits per heavy atom. The summed E-state index contributed by atoms with van der Waals surface area (Å²) in [4.78, 5) is 15.4. The van der Waals surface area contributed by atoms with Gasteiger partial charge in [-0.3, -0.25) is 9.69 Å². The number of sulfonamides is 1. The van der Waals surface area contributed by atoms with E-state index in [9.17, 15) is 13.2 Å². The standard InChI is InChI=1S/C22H33N3O3S/c1-17(24-15-12-18-6-2-3-7-19(18)16-24)22(26)23-20-8-10-21(11-9-20)29(27,28)25-13-4-5-14-25/h8-11,17-19H,2-7,12-16H2,1H3,(H,23,26)/t17-,18+,19-/m1/s1. The molecule has 2 heterocycles. The lowest BCUT2D eigenvalue weighted by Crippen LogP contribution is -2.49. The van der Waals surface area contributed by atoms with E-state index >= 15 is 0 Å². The zero-order valence-electron chi connectivity index (χ0n) is 17.3. The molecule has 1 aromatic rings. The molecule has 2 saturated heterocycles. The first-order chi connectivity index (χ1) is 13.9. The van der Waals surface area contributed by atoms with Crippen molar-refractivity contribution in [1.29, 1.82) is 0 Å². The quantitative estimate of drug-likeness (QED) is 0.795. The Labute approximate surface area is 174 Å². The molecule has 1 aromatic carbocycles. The number of likely N-dealkylation sites (tertiary alicyclic amines) is 1. The average molecular weight is 420 g/mol. The van der Waals surface area contributed by atoms with Gasteiger partial charge in [-0.1, -0.05) is 19.3 Å². The number of hydrogen-bond acceptors (Lipinski definition) is 4. The highest BCUT2D eigenvalue weighted by molar-refractivity contribution is 7.89. The van der Waals surface area contributed by atoms with Gasteiger partial charge >= 0.3 is 0 Å². The van der Waals surface area contributed by atoms with Gasteiger partial charge in [-0.2, -0.15) is 4.31 Å². The molecule has 1 saturated carbocycles. The summed E-state index contributed by atoms with van der Waals surface area (Å²) in [5.74, 6) is 1.57. The minimum absolute atomic E-state index is 0.0191. The number of carbonyl (C=O) groups is 1. The van der Waals surface area contributed by atoms with Gasteiger partial charge in [0.05, 0.1) is 10.9 Å². The lowest BCUT2D eigenvalue weighted by Gasteiger charge is -2.43. The number of nitrogens with zero attached hydrogens (tertiary/aromatic N) is 2. The SMILES string of the molecule is C[C@H](C(=O)Nc1ccc(S(=O)(=O)N2CCCC2)cc1)N1CC[C@@H]2CCCC[C@@H]2C1. The predicted molar refractivity (Wildman–Crippen MR) is 114 cm³/mol. The molecule has 4 rings (SSSR count). The Kier molecular flexibility index (Phi) is 6.27. The van der Waals surface area contributed by atoms with Crippen LogP contribution in [0.3, 0.4) is 0 Å². The molecule has 1 aliphatic carbocycles. The maximum absolute atomic E-state index is 12.8. The van der Waals surface area contributed by atoms with Crippen molar-refractivity contribution in [2.45, 2.75) is 62.8 Å². The molecule has 0 radical (unpaired) electrons. The largest absolute Gasteiger partial charge is 0.325 e. The number of piperidine rings is 1. The monoisotopic (exact) mass is 419 g/mol. The molecule has 3 aliphatic rings. The van der Waals surface area contributed by atoms with Crippen LogP contribution in [-0.2, 0) is 14.8 Å². The number of nitrogens with one attached hydrogen (secondary N) is 1. The van der Waals surface area contributed by atoms with Gasteiger partial charge in [-0.15, -0.1) is 0 Å². The lowest BCUT2D eigenvalue weighted by molar-refractivity contribution is -0.122. The Morgan fingerprint density at radius 2 is 1.62 bits per heavy atom. The second-order valence-electron chi connectivity index (χ2n) is 8.89. The minimum atomic E-state index is -3.42. The number of amides is 1. The average Bonchev–Trinajstić information content (AvgIpc) is 3.29. The molecule has 160 valence electrons. The summed E-state index contributed by atoms with van der Waals surface area (Å²) in [6.07, 6.45) is 8.37. The number of carbonyl (C=O) groups excluding carboxylic acids is 1. The highest BCUT2D eigenvalue weighted by atomic mass is 32.2. The van der Waals surface area contributed by atoms with E-state index in [0.717, 1.165) is 37.8 Å². The van der Waals surface area contributed by atoms with Crippen molar-refractivity contribution in [3.8, 4) is 0 Å². The molecule has 6 nitrogen and oxygen atoms in total. The summed E-state index contributed by atoms with van der Waals surface area (Å²) in [6.45, 7) is 5.17. The Hall–Kier alpha value is -1.44. The number of anilines is 1. The second-order valence-corrected chi connectivity index (χ2v) is 10.8. The first-order valence-electron chi connectivity index (χ1n) is 11.1. The first kappa shape index (κ1) is 20.8. The van der Waals surface area contributed by atoms with Crippen LogP contribution in [0.1, 0.15) is 51.9 Å². The highest BCUT2D eigenvalue weighted by Crippen LogP contribution is 2.36. The smallest absolute Gasteiger partial charge is 0.243 e. The van der Waals surface area contributed by atoms with Crippen molar-refractivity contribution in [2.75, 3.05) is 31.5 Å². The van der Waals surface area contributed by atoms with Gasteiger partial charge in [0.1, 0.15) is 0 Å². The first-order valence-corrected chi connectivity index (χ1v) is 12.5. The van der Waals surface area contributed by atoms with Gasteiger partial charge in [-0.05, 0) is 75.3 Å². The van der Waals surface area contributed by atoms with Gasteiger partial charge in [0.25, 0.3) is 0 Å². The van der Waals surface area contributed by atoms with Crippen molar-refractivity contribution in [3.63, 3.8) is 0 Å². The van der Waals surface area contributed by atoms with E-state index in [-0.39, 0.29) is 11.9 Å². The van der Waals surface area contributed by atoms with E-state index in [1.54, 1.807) is 24.3 Å². The van der Waals surface area contributed by atoms with E-state index in [2.05, 4.69) is 10.2 Å². The van der Waals surface area contributed by atoms with Crippen molar-refractivity contribution in [3.05, 3.63) is 24.3 Å². The molecular formula is C22H33N3O3S. The molecule has 0 bridgehead atoms. The molecule has 2 aliphatic heterocycles. The number of benzene rings is 1. The van der Waals surface area contributed by atoms with Crippen LogP contribution in [-0.4, -0.2) is 55.8 Å². The topological polar surface area (TPSA) is 69.7 Å². The van der Waals surface area contributed by atoms with Gasteiger partial charge in [0, 0.05) is 25.3 Å². The summed E-state index contributed by atoms with van der Waals surface area (Å²) >= 11 is 0. The molecule has 1 amide bonds. The fourth-order valence-corrected chi connectivity index (χ4v) is 6.70. The maximum Gasteiger partial charge on any atom is 0.243 e. The molecular weight excluding hydrogens is 386 g/mol. The van der Waals surface area contributed by atoms with Crippen LogP contribution in [0.15, 0.2) is 29.2 Å². The lowest BCUT2D eigenvalue weighted by atomic mass is 9.75. The van der Waals surface area contributed by atoms with Crippen LogP contribution in [0.2, 0.25) is 0 Å². The highest BCUT2D eigenvalue weighted by Gasteiger charge is 2.34. The Bertz CT molecular complexity index is 818. The third-order valence-corrected chi connectivity index (χ3v) is 8.99. The molecule has 7 heteroatoms. The van der Waals surface area contributed by atoms with Gasteiger partial charge in [0.15, 0.2) is 0 Å². The van der Waals surface area contributed by atoms with E-state index < -0.39 is 10.0 Å². The maximum atomic E-state index is 12.8.